The molecule has 0 radical (unpaired) electrons. The number of nitrogens with zero attached hydrogens (tertiary/aromatic N) is 1. The molecule has 0 bridgehead atoms. The van der Waals surface area contributed by atoms with Gasteiger partial charge in [0.1, 0.15) is 17.4 Å². The second-order valence-electron chi connectivity index (χ2n) is 5.30. The molecule has 1 aromatic rings. The van der Waals surface area contributed by atoms with Crippen LogP contribution in [0.15, 0.2) is 18.2 Å². The van der Waals surface area contributed by atoms with E-state index in [1.54, 1.807) is 32.2 Å². The Bertz CT molecular complexity index is 575. The van der Waals surface area contributed by atoms with Crippen LogP contribution in [0.25, 0.3) is 0 Å². The average molecular weight is 288 g/mol. The zero-order valence-electron chi connectivity index (χ0n) is 12.6. The summed E-state index contributed by atoms with van der Waals surface area (Å²) in [6.07, 6.45) is 2.01. The molecule has 1 aliphatic rings. The van der Waals surface area contributed by atoms with Crippen molar-refractivity contribution in [3.63, 3.8) is 0 Å². The molecule has 0 heterocycles. The second kappa shape index (κ2) is 6.15. The maximum absolute atomic E-state index is 12.4. The van der Waals surface area contributed by atoms with E-state index < -0.39 is 5.60 Å². The molecule has 1 aliphatic carbocycles. The van der Waals surface area contributed by atoms with Gasteiger partial charge in [-0.1, -0.05) is 0 Å². The number of anilines is 1. The summed E-state index contributed by atoms with van der Waals surface area (Å²) in [5.74, 6) is 0.607. The number of carbonyl (C=O) groups excluding carboxylic acids is 1. The number of carbonyl (C=O) groups is 1. The fourth-order valence-corrected chi connectivity index (χ4v) is 2.31. The number of hydrogen-bond donors (Lipinski definition) is 1. The number of nitrogens with one attached hydrogen (secondary N) is 1. The highest BCUT2D eigenvalue weighted by Gasteiger charge is 2.47. The lowest BCUT2D eigenvalue weighted by atomic mass is 9.99. The molecule has 1 aromatic carbocycles. The second-order valence-corrected chi connectivity index (χ2v) is 5.30. The number of hydrogen-bond acceptors (Lipinski definition) is 4. The fourth-order valence-electron chi connectivity index (χ4n) is 2.31. The van der Waals surface area contributed by atoms with Crippen molar-refractivity contribution in [1.82, 2.24) is 0 Å². The molecule has 1 saturated carbocycles. The van der Waals surface area contributed by atoms with Crippen molar-refractivity contribution < 1.29 is 14.3 Å². The summed E-state index contributed by atoms with van der Waals surface area (Å²) in [5, 5.41) is 12.0. The summed E-state index contributed by atoms with van der Waals surface area (Å²) in [6.45, 7) is 4.15. The standard InChI is InChI=1S/C16H20N2O3/c1-4-21-14-8-7-13(9-11(14)10-17)18-15(19)16(2,20-3)12-5-6-12/h7-9,12H,4-6H2,1-3H3,(H,18,19)/t16-/m0/s1. The van der Waals surface area contributed by atoms with E-state index in [2.05, 4.69) is 11.4 Å². The highest BCUT2D eigenvalue weighted by atomic mass is 16.5. The Morgan fingerprint density at radius 3 is 2.76 bits per heavy atom. The van der Waals surface area contributed by atoms with Gasteiger partial charge in [-0.15, -0.1) is 0 Å². The molecule has 0 unspecified atom stereocenters. The van der Waals surface area contributed by atoms with Gasteiger partial charge in [-0.2, -0.15) is 5.26 Å². The minimum atomic E-state index is -0.814. The van der Waals surface area contributed by atoms with Gasteiger partial charge in [0.25, 0.3) is 5.91 Å². The molecule has 0 spiro atoms. The smallest absolute Gasteiger partial charge is 0.256 e. The molecule has 112 valence electrons. The molecule has 5 nitrogen and oxygen atoms in total. The number of rotatable bonds is 6. The van der Waals surface area contributed by atoms with Crippen molar-refractivity contribution in [2.75, 3.05) is 19.0 Å². The van der Waals surface area contributed by atoms with E-state index in [0.717, 1.165) is 12.8 Å². The van der Waals surface area contributed by atoms with E-state index >= 15 is 0 Å². The third kappa shape index (κ3) is 3.17. The number of methoxy groups -OCH3 is 1. The van der Waals surface area contributed by atoms with Crippen LogP contribution in [0, 0.1) is 17.2 Å². The lowest BCUT2D eigenvalue weighted by Crippen LogP contribution is -2.44. The number of nitriles is 1. The predicted octanol–water partition coefficient (Wildman–Crippen LogP) is 2.71. The van der Waals surface area contributed by atoms with Gasteiger partial charge in [0.2, 0.25) is 0 Å². The summed E-state index contributed by atoms with van der Waals surface area (Å²) in [7, 11) is 1.55. The third-order valence-corrected chi connectivity index (χ3v) is 3.89. The van der Waals surface area contributed by atoms with Gasteiger partial charge in [0.05, 0.1) is 12.2 Å². The van der Waals surface area contributed by atoms with Crippen LogP contribution in [-0.2, 0) is 9.53 Å². The molecule has 1 atom stereocenters. The summed E-state index contributed by atoms with van der Waals surface area (Å²) >= 11 is 0. The van der Waals surface area contributed by atoms with Gasteiger partial charge >= 0.3 is 0 Å². The van der Waals surface area contributed by atoms with E-state index in [1.165, 1.54) is 0 Å². The van der Waals surface area contributed by atoms with Crippen LogP contribution in [0.5, 0.6) is 5.75 Å². The van der Waals surface area contributed by atoms with Crippen LogP contribution in [0.3, 0.4) is 0 Å². The predicted molar refractivity (Wildman–Crippen MR) is 79.1 cm³/mol. The largest absolute Gasteiger partial charge is 0.492 e. The Balaban J connectivity index is 2.16. The van der Waals surface area contributed by atoms with Crippen molar-refractivity contribution in [1.29, 1.82) is 5.26 Å². The molecule has 1 amide bonds. The van der Waals surface area contributed by atoms with E-state index in [-0.39, 0.29) is 11.8 Å². The van der Waals surface area contributed by atoms with E-state index in [0.29, 0.717) is 23.6 Å². The molecule has 1 N–H and O–H groups in total. The van der Waals surface area contributed by atoms with Crippen LogP contribution in [0.4, 0.5) is 5.69 Å². The molecule has 0 saturated heterocycles. The maximum atomic E-state index is 12.4. The van der Waals surface area contributed by atoms with Crippen LogP contribution in [0.2, 0.25) is 0 Å². The highest BCUT2D eigenvalue weighted by molar-refractivity contribution is 5.97. The van der Waals surface area contributed by atoms with Crippen molar-refractivity contribution in [2.24, 2.45) is 5.92 Å². The minimum Gasteiger partial charge on any atom is -0.492 e. The van der Waals surface area contributed by atoms with Crippen molar-refractivity contribution >= 4 is 11.6 Å². The van der Waals surface area contributed by atoms with Gasteiger partial charge in [0, 0.05) is 12.8 Å². The van der Waals surface area contributed by atoms with Crippen molar-refractivity contribution in [2.45, 2.75) is 32.3 Å². The monoisotopic (exact) mass is 288 g/mol. The SMILES string of the molecule is CCOc1ccc(NC(=O)[C@@](C)(OC)C2CC2)cc1C#N. The van der Waals surface area contributed by atoms with Gasteiger partial charge in [-0.25, -0.2) is 0 Å². The molecule has 2 rings (SSSR count). The maximum Gasteiger partial charge on any atom is 0.256 e. The van der Waals surface area contributed by atoms with Crippen molar-refractivity contribution in [3.05, 3.63) is 23.8 Å². The number of ether oxygens (including phenoxy) is 2. The molecule has 5 heteroatoms. The first-order chi connectivity index (χ1) is 10.0. The lowest BCUT2D eigenvalue weighted by Gasteiger charge is -2.26. The van der Waals surface area contributed by atoms with Gasteiger partial charge in [-0.3, -0.25) is 4.79 Å². The van der Waals surface area contributed by atoms with Crippen molar-refractivity contribution in [3.8, 4) is 11.8 Å². The van der Waals surface area contributed by atoms with E-state index in [1.807, 2.05) is 6.92 Å². The molecule has 0 aromatic heterocycles. The topological polar surface area (TPSA) is 71.3 Å². The average Bonchev–Trinajstić information content (AvgIpc) is 3.33. The zero-order valence-corrected chi connectivity index (χ0v) is 12.6. The zero-order chi connectivity index (χ0) is 15.5. The Hall–Kier alpha value is -2.06. The Kier molecular flexibility index (Phi) is 4.49. The normalized spacial score (nSPS) is 16.7. The molecular weight excluding hydrogens is 268 g/mol. The molecule has 21 heavy (non-hydrogen) atoms. The first-order valence-corrected chi connectivity index (χ1v) is 7.08. The van der Waals surface area contributed by atoms with Crippen LogP contribution in [0.1, 0.15) is 32.3 Å². The Morgan fingerprint density at radius 1 is 1.52 bits per heavy atom. The first-order valence-electron chi connectivity index (χ1n) is 7.08. The van der Waals surface area contributed by atoms with Crippen LogP contribution < -0.4 is 10.1 Å². The van der Waals surface area contributed by atoms with E-state index in [4.69, 9.17) is 14.7 Å². The Morgan fingerprint density at radius 2 is 2.24 bits per heavy atom. The minimum absolute atomic E-state index is 0.180. The Labute approximate surface area is 124 Å². The third-order valence-electron chi connectivity index (χ3n) is 3.89. The van der Waals surface area contributed by atoms with Crippen LogP contribution in [-0.4, -0.2) is 25.2 Å². The summed E-state index contributed by atoms with van der Waals surface area (Å²) < 4.78 is 10.8. The van der Waals surface area contributed by atoms with Gasteiger partial charge in [-0.05, 0) is 50.8 Å². The first kappa shape index (κ1) is 15.3. The molecule has 1 fully saturated rings. The summed E-state index contributed by atoms with van der Waals surface area (Å²) in [5.41, 5.74) is 0.162. The molecule has 0 aliphatic heterocycles. The molecular formula is C16H20N2O3. The van der Waals surface area contributed by atoms with Gasteiger partial charge in [0.15, 0.2) is 0 Å². The lowest BCUT2D eigenvalue weighted by molar-refractivity contribution is -0.138. The fraction of sp³-hybridized carbons (Fsp3) is 0.500. The van der Waals surface area contributed by atoms with Crippen LogP contribution >= 0.6 is 0 Å². The highest BCUT2D eigenvalue weighted by Crippen LogP contribution is 2.42. The van der Waals surface area contributed by atoms with Gasteiger partial charge < -0.3 is 14.8 Å². The van der Waals surface area contributed by atoms with E-state index in [9.17, 15) is 4.79 Å². The summed E-state index contributed by atoms with van der Waals surface area (Å²) in [4.78, 5) is 12.4. The number of benzene rings is 1. The quantitative estimate of drug-likeness (QED) is 0.873. The summed E-state index contributed by atoms with van der Waals surface area (Å²) in [6, 6.07) is 7.11. The number of amides is 1.